The van der Waals surface area contributed by atoms with Crippen molar-refractivity contribution in [2.24, 2.45) is 0 Å². The standard InChI is InChI=1S/C27H30N2O2/c1-3-20(2)27-28-24-16-10-11-17-25(24)29(27)18-23(30)19-31-26(21-12-6-4-7-13-21)22-14-8-5-9-15-22/h4-17,20,23,26,30H,3,18-19H2,1-2H3. The van der Waals surface area contributed by atoms with E-state index in [0.29, 0.717) is 12.5 Å². The maximum atomic E-state index is 10.9. The molecule has 1 N–H and O–H groups in total. The van der Waals surface area contributed by atoms with E-state index >= 15 is 0 Å². The van der Waals surface area contributed by atoms with Gasteiger partial charge in [0.15, 0.2) is 0 Å². The highest BCUT2D eigenvalue weighted by atomic mass is 16.5. The van der Waals surface area contributed by atoms with Crippen LogP contribution in [0.3, 0.4) is 0 Å². The number of aromatic nitrogens is 2. The van der Waals surface area contributed by atoms with Gasteiger partial charge in [-0.15, -0.1) is 0 Å². The summed E-state index contributed by atoms with van der Waals surface area (Å²) in [5, 5.41) is 10.9. The Bertz CT molecular complexity index is 1050. The second-order valence-electron chi connectivity index (χ2n) is 8.07. The van der Waals surface area contributed by atoms with Crippen molar-refractivity contribution < 1.29 is 9.84 Å². The Kier molecular flexibility index (Phi) is 6.80. The van der Waals surface area contributed by atoms with Gasteiger partial charge in [0.2, 0.25) is 0 Å². The predicted molar refractivity (Wildman–Crippen MR) is 125 cm³/mol. The molecule has 4 nitrogen and oxygen atoms in total. The minimum Gasteiger partial charge on any atom is -0.389 e. The zero-order valence-corrected chi connectivity index (χ0v) is 18.2. The monoisotopic (exact) mass is 414 g/mol. The summed E-state index contributed by atoms with van der Waals surface area (Å²) in [7, 11) is 0. The lowest BCUT2D eigenvalue weighted by atomic mass is 10.0. The molecule has 2 unspecified atom stereocenters. The van der Waals surface area contributed by atoms with Gasteiger partial charge in [0.25, 0.3) is 0 Å². The smallest absolute Gasteiger partial charge is 0.112 e. The fraction of sp³-hybridized carbons (Fsp3) is 0.296. The normalized spacial score (nSPS) is 13.5. The zero-order valence-electron chi connectivity index (χ0n) is 18.2. The molecule has 1 heterocycles. The van der Waals surface area contributed by atoms with Crippen LogP contribution in [0.15, 0.2) is 84.9 Å². The number of ether oxygens (including phenoxy) is 1. The average Bonchev–Trinajstić information content (AvgIpc) is 3.18. The molecule has 160 valence electrons. The Labute approximate surface area is 184 Å². The van der Waals surface area contributed by atoms with E-state index in [9.17, 15) is 5.11 Å². The van der Waals surface area contributed by atoms with E-state index in [1.165, 1.54) is 0 Å². The Balaban J connectivity index is 1.54. The quantitative estimate of drug-likeness (QED) is 0.381. The molecule has 1 aromatic heterocycles. The van der Waals surface area contributed by atoms with Crippen molar-refractivity contribution in [2.45, 2.75) is 44.9 Å². The maximum Gasteiger partial charge on any atom is 0.112 e. The third-order valence-electron chi connectivity index (χ3n) is 5.79. The number of aliphatic hydroxyl groups excluding tert-OH is 1. The molecule has 0 aliphatic carbocycles. The molecule has 0 amide bonds. The summed E-state index contributed by atoms with van der Waals surface area (Å²) in [6, 6.07) is 28.4. The molecule has 4 aromatic rings. The Hall–Kier alpha value is -2.95. The Morgan fingerprint density at radius 3 is 2.06 bits per heavy atom. The van der Waals surface area contributed by atoms with Crippen LogP contribution in [0.2, 0.25) is 0 Å². The van der Waals surface area contributed by atoms with Gasteiger partial charge >= 0.3 is 0 Å². The number of fused-ring (bicyclic) bond motifs is 1. The highest BCUT2D eigenvalue weighted by molar-refractivity contribution is 5.76. The first kappa shape index (κ1) is 21.3. The van der Waals surface area contributed by atoms with Crippen molar-refractivity contribution in [3.63, 3.8) is 0 Å². The van der Waals surface area contributed by atoms with Crippen molar-refractivity contribution in [1.82, 2.24) is 9.55 Å². The van der Waals surface area contributed by atoms with Gasteiger partial charge in [-0.25, -0.2) is 4.98 Å². The third-order valence-corrected chi connectivity index (χ3v) is 5.79. The first-order valence-electron chi connectivity index (χ1n) is 11.0. The van der Waals surface area contributed by atoms with Crippen molar-refractivity contribution in [2.75, 3.05) is 6.61 Å². The fourth-order valence-corrected chi connectivity index (χ4v) is 3.96. The van der Waals surface area contributed by atoms with Gasteiger partial charge in [-0.1, -0.05) is 86.6 Å². The summed E-state index contributed by atoms with van der Waals surface area (Å²) in [5.41, 5.74) is 4.18. The first-order chi connectivity index (χ1) is 15.2. The van der Waals surface area contributed by atoms with Crippen LogP contribution in [0.25, 0.3) is 11.0 Å². The topological polar surface area (TPSA) is 47.3 Å². The number of hydrogen-bond donors (Lipinski definition) is 1. The molecule has 0 fully saturated rings. The fourth-order valence-electron chi connectivity index (χ4n) is 3.96. The van der Waals surface area contributed by atoms with E-state index in [1.54, 1.807) is 0 Å². The number of imidazole rings is 1. The summed E-state index contributed by atoms with van der Waals surface area (Å²) >= 11 is 0. The van der Waals surface area contributed by atoms with Crippen molar-refractivity contribution >= 4 is 11.0 Å². The highest BCUT2D eigenvalue weighted by Gasteiger charge is 2.20. The van der Waals surface area contributed by atoms with Crippen LogP contribution in [0.5, 0.6) is 0 Å². The molecule has 0 aliphatic rings. The van der Waals surface area contributed by atoms with Gasteiger partial charge in [-0.3, -0.25) is 0 Å². The van der Waals surface area contributed by atoms with Gasteiger partial charge in [-0.05, 0) is 29.7 Å². The molecule has 0 saturated heterocycles. The summed E-state index contributed by atoms with van der Waals surface area (Å²) in [6.45, 7) is 5.04. The lowest BCUT2D eigenvalue weighted by molar-refractivity contribution is -0.000516. The van der Waals surface area contributed by atoms with Gasteiger partial charge in [0, 0.05) is 5.92 Å². The molecule has 2 atom stereocenters. The number of rotatable bonds is 9. The molecule has 31 heavy (non-hydrogen) atoms. The van der Waals surface area contributed by atoms with Crippen molar-refractivity contribution in [3.8, 4) is 0 Å². The number of nitrogens with zero attached hydrogens (tertiary/aromatic N) is 2. The Morgan fingerprint density at radius 2 is 1.45 bits per heavy atom. The zero-order chi connectivity index (χ0) is 21.6. The van der Waals surface area contributed by atoms with E-state index in [-0.39, 0.29) is 12.7 Å². The summed E-state index contributed by atoms with van der Waals surface area (Å²) in [6.07, 6.45) is 0.140. The van der Waals surface area contributed by atoms with Crippen LogP contribution < -0.4 is 0 Å². The van der Waals surface area contributed by atoms with Crippen LogP contribution in [0, 0.1) is 0 Å². The molecule has 0 radical (unpaired) electrons. The molecule has 0 bridgehead atoms. The van der Waals surface area contributed by atoms with Crippen LogP contribution >= 0.6 is 0 Å². The first-order valence-corrected chi connectivity index (χ1v) is 11.0. The summed E-state index contributed by atoms with van der Waals surface area (Å²) in [5.74, 6) is 1.34. The van der Waals surface area contributed by atoms with Crippen LogP contribution in [0.4, 0.5) is 0 Å². The van der Waals surface area contributed by atoms with E-state index in [4.69, 9.17) is 9.72 Å². The SMILES string of the molecule is CCC(C)c1nc2ccccc2n1CC(O)COC(c1ccccc1)c1ccccc1. The average molecular weight is 415 g/mol. The predicted octanol–water partition coefficient (Wildman–Crippen LogP) is 5.72. The van der Waals surface area contributed by atoms with Crippen LogP contribution in [-0.2, 0) is 11.3 Å². The lowest BCUT2D eigenvalue weighted by Crippen LogP contribution is -2.25. The lowest BCUT2D eigenvalue weighted by Gasteiger charge is -2.22. The van der Waals surface area contributed by atoms with Gasteiger partial charge < -0.3 is 14.4 Å². The molecule has 0 aliphatic heterocycles. The second-order valence-corrected chi connectivity index (χ2v) is 8.07. The molecular formula is C27H30N2O2. The number of hydrogen-bond acceptors (Lipinski definition) is 3. The van der Waals surface area contributed by atoms with E-state index in [2.05, 4.69) is 48.7 Å². The minimum absolute atomic E-state index is 0.217. The van der Waals surface area contributed by atoms with Crippen molar-refractivity contribution in [3.05, 3.63) is 102 Å². The second kappa shape index (κ2) is 9.90. The largest absolute Gasteiger partial charge is 0.389 e. The minimum atomic E-state index is -0.643. The molecular weight excluding hydrogens is 384 g/mol. The van der Waals surface area contributed by atoms with Crippen LogP contribution in [-0.4, -0.2) is 27.4 Å². The number of benzene rings is 3. The van der Waals surface area contributed by atoms with E-state index < -0.39 is 6.10 Å². The third kappa shape index (κ3) is 4.87. The van der Waals surface area contributed by atoms with Gasteiger partial charge in [0.05, 0.1) is 30.3 Å². The number of para-hydroxylation sites is 2. The summed E-state index contributed by atoms with van der Waals surface area (Å²) < 4.78 is 8.43. The molecule has 4 heteroatoms. The highest BCUT2D eigenvalue weighted by Crippen LogP contribution is 2.27. The summed E-state index contributed by atoms with van der Waals surface area (Å²) in [4.78, 5) is 4.84. The van der Waals surface area contributed by atoms with Gasteiger partial charge in [0.1, 0.15) is 11.9 Å². The molecule has 3 aromatic carbocycles. The van der Waals surface area contributed by atoms with E-state index in [0.717, 1.165) is 34.4 Å². The maximum absolute atomic E-state index is 10.9. The number of aliphatic hydroxyl groups is 1. The van der Waals surface area contributed by atoms with Crippen LogP contribution in [0.1, 0.15) is 49.2 Å². The van der Waals surface area contributed by atoms with Crippen molar-refractivity contribution in [1.29, 1.82) is 0 Å². The molecule has 4 rings (SSSR count). The Morgan fingerprint density at radius 1 is 0.871 bits per heavy atom. The van der Waals surface area contributed by atoms with E-state index in [1.807, 2.05) is 54.6 Å². The molecule has 0 saturated carbocycles. The van der Waals surface area contributed by atoms with Gasteiger partial charge in [-0.2, -0.15) is 0 Å². The molecule has 0 spiro atoms.